The van der Waals surface area contributed by atoms with E-state index in [1.54, 1.807) is 14.0 Å². The summed E-state index contributed by atoms with van der Waals surface area (Å²) in [5.41, 5.74) is -1.10. The van der Waals surface area contributed by atoms with Gasteiger partial charge in [-0.2, -0.15) is 0 Å². The van der Waals surface area contributed by atoms with E-state index in [2.05, 4.69) is 48.5 Å². The fourth-order valence-corrected chi connectivity index (χ4v) is 11.3. The van der Waals surface area contributed by atoms with Gasteiger partial charge in [-0.3, -0.25) is 4.79 Å². The normalized spacial score (nSPS) is 54.2. The van der Waals surface area contributed by atoms with E-state index in [4.69, 9.17) is 33.2 Å². The zero-order chi connectivity index (χ0) is 37.3. The quantitative estimate of drug-likeness (QED) is 0.269. The smallest absolute Gasteiger partial charge is 0.308 e. The lowest BCUT2D eigenvalue weighted by Gasteiger charge is -2.50. The standard InChI is InChI=1S/C40H68O11/c1-21-11-12-28(46-33(21)26(6)36(42)43)17-29-18-30(45-10)27(7)40(48-29)25(5)19-38(9,51-40)32-13-14-37(8,49-32)35-23(3)16-31(47-35)34-22(2)15-24(4)39(44,20-41)50-34/h21-35,41,44H,11-20H2,1-10H3,(H,42,43)/t21-,22+,23+,24-,25+,26+,27+,28+,29+,30+,31-,32-,33+,34+,35-,37+,38-,39+,40+/m0/s1. The number of rotatable bonds is 9. The van der Waals surface area contributed by atoms with Gasteiger partial charge in [-0.15, -0.1) is 0 Å². The van der Waals surface area contributed by atoms with Crippen molar-refractivity contribution < 1.29 is 53.3 Å². The predicted molar refractivity (Wildman–Crippen MR) is 189 cm³/mol. The van der Waals surface area contributed by atoms with Crippen LogP contribution < -0.4 is 0 Å². The molecule has 6 rings (SSSR count). The van der Waals surface area contributed by atoms with Gasteiger partial charge in [0.2, 0.25) is 0 Å². The lowest BCUT2D eigenvalue weighted by molar-refractivity contribution is -0.353. The summed E-state index contributed by atoms with van der Waals surface area (Å²) in [4.78, 5) is 11.8. The molecule has 0 radical (unpaired) electrons. The van der Waals surface area contributed by atoms with Crippen LogP contribution >= 0.6 is 0 Å². The summed E-state index contributed by atoms with van der Waals surface area (Å²) < 4.78 is 47.0. The van der Waals surface area contributed by atoms with Gasteiger partial charge >= 0.3 is 5.97 Å². The van der Waals surface area contributed by atoms with E-state index < -0.39 is 41.3 Å². The molecule has 3 N–H and O–H groups in total. The van der Waals surface area contributed by atoms with Crippen molar-refractivity contribution >= 4 is 5.97 Å². The first kappa shape index (κ1) is 39.8. The molecular weight excluding hydrogens is 656 g/mol. The Morgan fingerprint density at radius 3 is 2.25 bits per heavy atom. The van der Waals surface area contributed by atoms with Crippen molar-refractivity contribution in [3.63, 3.8) is 0 Å². The molecule has 11 heteroatoms. The number of carboxylic acids is 1. The molecule has 0 bridgehead atoms. The Bertz CT molecular complexity index is 1230. The van der Waals surface area contributed by atoms with E-state index in [-0.39, 0.29) is 84.3 Å². The highest BCUT2D eigenvalue weighted by Gasteiger charge is 2.65. The third-order valence-electron chi connectivity index (χ3n) is 14.4. The van der Waals surface area contributed by atoms with Crippen LogP contribution in [0.2, 0.25) is 0 Å². The summed E-state index contributed by atoms with van der Waals surface area (Å²) in [6, 6.07) is 0. The fraction of sp³-hybridized carbons (Fsp3) is 0.975. The monoisotopic (exact) mass is 724 g/mol. The van der Waals surface area contributed by atoms with Crippen molar-refractivity contribution in [3.8, 4) is 0 Å². The minimum absolute atomic E-state index is 0.00727. The molecule has 0 aromatic carbocycles. The Morgan fingerprint density at radius 2 is 1.59 bits per heavy atom. The highest BCUT2D eigenvalue weighted by molar-refractivity contribution is 5.70. The second-order valence-electron chi connectivity index (χ2n) is 18.4. The SMILES string of the molecule is CO[C@@H]1C[C@@H](C[C@H]2CC[C@H](C)[C@H]([C@@H](C)C(=O)O)O2)O[C@]2(O[C@](C)([C@@H]3CC[C@](C)([C@H]4O[C@H]([C@@H]5O[C@](O)(CO)[C@@H](C)C[C@H]5C)C[C@H]4C)O3)C[C@H]2C)[C@@H]1C. The number of carbonyl (C=O) groups is 1. The van der Waals surface area contributed by atoms with Crippen LogP contribution in [-0.4, -0.2) is 107 Å². The molecule has 19 atom stereocenters. The summed E-state index contributed by atoms with van der Waals surface area (Å²) >= 11 is 0. The molecule has 0 unspecified atom stereocenters. The Morgan fingerprint density at radius 1 is 0.863 bits per heavy atom. The van der Waals surface area contributed by atoms with Crippen LogP contribution in [0, 0.1) is 41.4 Å². The van der Waals surface area contributed by atoms with Crippen LogP contribution in [0.4, 0.5) is 0 Å². The number of aliphatic hydroxyl groups excluding tert-OH is 1. The van der Waals surface area contributed by atoms with Gasteiger partial charge < -0.3 is 48.5 Å². The van der Waals surface area contributed by atoms with Crippen LogP contribution in [-0.2, 0) is 38.0 Å². The summed E-state index contributed by atoms with van der Waals surface area (Å²) in [5, 5.41) is 30.7. The van der Waals surface area contributed by atoms with Crippen molar-refractivity contribution in [2.24, 2.45) is 41.4 Å². The summed E-state index contributed by atoms with van der Waals surface area (Å²) in [6.07, 6.45) is 5.85. The topological polar surface area (TPSA) is 142 Å². The second kappa shape index (κ2) is 14.6. The Hall–Kier alpha value is -0.890. The zero-order valence-electron chi connectivity index (χ0n) is 32.8. The van der Waals surface area contributed by atoms with Crippen LogP contribution in [0.5, 0.6) is 0 Å². The first-order valence-corrected chi connectivity index (χ1v) is 20.0. The summed E-state index contributed by atoms with van der Waals surface area (Å²) in [7, 11) is 1.77. The zero-order valence-corrected chi connectivity index (χ0v) is 32.8. The molecule has 0 saturated carbocycles. The number of carboxylic acid groups (broad SMARTS) is 1. The Balaban J connectivity index is 1.13. The van der Waals surface area contributed by atoms with Crippen molar-refractivity contribution in [2.75, 3.05) is 13.7 Å². The van der Waals surface area contributed by atoms with Crippen molar-refractivity contribution in [2.45, 2.75) is 192 Å². The van der Waals surface area contributed by atoms with E-state index in [9.17, 15) is 20.1 Å². The van der Waals surface area contributed by atoms with Crippen molar-refractivity contribution in [1.82, 2.24) is 0 Å². The molecule has 6 aliphatic rings. The molecule has 0 aliphatic carbocycles. The van der Waals surface area contributed by atoms with Gasteiger partial charge in [0.15, 0.2) is 11.6 Å². The molecular formula is C40H68O11. The Labute approximate surface area is 305 Å². The van der Waals surface area contributed by atoms with E-state index in [0.717, 1.165) is 51.4 Å². The van der Waals surface area contributed by atoms with Crippen LogP contribution in [0.3, 0.4) is 0 Å². The first-order valence-electron chi connectivity index (χ1n) is 20.0. The molecule has 6 heterocycles. The molecule has 0 amide bonds. The lowest BCUT2D eigenvalue weighted by atomic mass is 9.78. The number of ether oxygens (including phenoxy) is 7. The lowest BCUT2D eigenvalue weighted by Crippen LogP contribution is -2.58. The van der Waals surface area contributed by atoms with Gasteiger partial charge in [-0.05, 0) is 83.5 Å². The minimum Gasteiger partial charge on any atom is -0.481 e. The van der Waals surface area contributed by atoms with Crippen LogP contribution in [0.1, 0.15) is 120 Å². The Kier molecular flexibility index (Phi) is 11.4. The molecule has 6 aliphatic heterocycles. The molecule has 51 heavy (non-hydrogen) atoms. The number of hydrogen-bond donors (Lipinski definition) is 3. The highest BCUT2D eigenvalue weighted by Crippen LogP contribution is 2.57. The molecule has 6 fully saturated rings. The molecule has 294 valence electrons. The first-order chi connectivity index (χ1) is 23.9. The summed E-state index contributed by atoms with van der Waals surface area (Å²) in [5.74, 6) is -3.26. The maximum atomic E-state index is 11.8. The maximum absolute atomic E-state index is 11.8. The molecule has 0 aromatic heterocycles. The second-order valence-corrected chi connectivity index (χ2v) is 18.4. The molecule has 6 saturated heterocycles. The van der Waals surface area contributed by atoms with Crippen molar-refractivity contribution in [3.05, 3.63) is 0 Å². The van der Waals surface area contributed by atoms with Gasteiger partial charge in [-0.25, -0.2) is 0 Å². The highest BCUT2D eigenvalue weighted by atomic mass is 16.7. The third-order valence-corrected chi connectivity index (χ3v) is 14.4. The number of aliphatic hydroxyl groups is 2. The van der Waals surface area contributed by atoms with Crippen molar-refractivity contribution in [1.29, 1.82) is 0 Å². The number of methoxy groups -OCH3 is 1. The van der Waals surface area contributed by atoms with E-state index in [1.165, 1.54) is 0 Å². The average molecular weight is 725 g/mol. The fourth-order valence-electron chi connectivity index (χ4n) is 11.3. The average Bonchev–Trinajstić information content (AvgIpc) is 3.75. The molecule has 11 nitrogen and oxygen atoms in total. The summed E-state index contributed by atoms with van der Waals surface area (Å²) in [6.45, 7) is 18.4. The van der Waals surface area contributed by atoms with Gasteiger partial charge in [0.25, 0.3) is 0 Å². The van der Waals surface area contributed by atoms with Crippen LogP contribution in [0.25, 0.3) is 0 Å². The molecule has 0 aromatic rings. The minimum atomic E-state index is -1.55. The molecule has 1 spiro atoms. The maximum Gasteiger partial charge on any atom is 0.308 e. The largest absolute Gasteiger partial charge is 0.481 e. The number of hydrogen-bond acceptors (Lipinski definition) is 10. The number of aliphatic carboxylic acids is 1. The van der Waals surface area contributed by atoms with Gasteiger partial charge in [-0.1, -0.05) is 41.5 Å². The van der Waals surface area contributed by atoms with E-state index in [0.29, 0.717) is 6.42 Å². The van der Waals surface area contributed by atoms with Gasteiger partial charge in [0, 0.05) is 37.7 Å². The van der Waals surface area contributed by atoms with Crippen LogP contribution in [0.15, 0.2) is 0 Å². The predicted octanol–water partition coefficient (Wildman–Crippen LogP) is 5.71. The third kappa shape index (κ3) is 7.19. The van der Waals surface area contributed by atoms with Gasteiger partial charge in [0.1, 0.15) is 0 Å². The van der Waals surface area contributed by atoms with E-state index >= 15 is 0 Å². The van der Waals surface area contributed by atoms with Gasteiger partial charge in [0.05, 0.1) is 72.6 Å². The van der Waals surface area contributed by atoms with E-state index in [1.807, 2.05) is 6.92 Å².